The number of fused-ring (bicyclic) bond motifs is 1. The largest absolute Gasteiger partial charge is 0.390 e. The van der Waals surface area contributed by atoms with E-state index in [0.717, 1.165) is 16.9 Å². The zero-order valence-electron chi connectivity index (χ0n) is 10.0. The Morgan fingerprint density at radius 2 is 2.11 bits per heavy atom. The lowest BCUT2D eigenvalue weighted by Crippen LogP contribution is -1.93. The third kappa shape index (κ3) is 1.87. The Labute approximate surface area is 105 Å². The van der Waals surface area contributed by atoms with Crippen LogP contribution in [0.3, 0.4) is 0 Å². The molecule has 0 spiro atoms. The standard InChI is InChI=1S/C14H13N3O/c1-10-3-2-4-11(7-10)13-5-6-14-15-12(9-18)8-17(14)16-13/h2-8,18H,9H2,1H3. The van der Waals surface area contributed by atoms with Crippen LogP contribution >= 0.6 is 0 Å². The highest BCUT2D eigenvalue weighted by atomic mass is 16.3. The molecule has 18 heavy (non-hydrogen) atoms. The summed E-state index contributed by atoms with van der Waals surface area (Å²) >= 11 is 0. The summed E-state index contributed by atoms with van der Waals surface area (Å²) in [6.07, 6.45) is 1.74. The Balaban J connectivity index is 2.12. The minimum Gasteiger partial charge on any atom is -0.390 e. The first kappa shape index (κ1) is 10.9. The smallest absolute Gasteiger partial charge is 0.153 e. The number of aromatic nitrogens is 3. The third-order valence-electron chi connectivity index (χ3n) is 2.85. The molecule has 1 N–H and O–H groups in total. The number of hydrogen-bond donors (Lipinski definition) is 1. The van der Waals surface area contributed by atoms with Crippen molar-refractivity contribution < 1.29 is 5.11 Å². The molecule has 0 aliphatic heterocycles. The predicted molar refractivity (Wildman–Crippen MR) is 69.1 cm³/mol. The Kier molecular flexibility index (Phi) is 2.57. The van der Waals surface area contributed by atoms with Crippen LogP contribution in [0.1, 0.15) is 11.3 Å². The molecule has 0 fully saturated rings. The van der Waals surface area contributed by atoms with Crippen LogP contribution in [0.2, 0.25) is 0 Å². The summed E-state index contributed by atoms with van der Waals surface area (Å²) in [5.41, 5.74) is 4.56. The Morgan fingerprint density at radius 3 is 2.89 bits per heavy atom. The van der Waals surface area contributed by atoms with Gasteiger partial charge in [0.15, 0.2) is 5.65 Å². The Hall–Kier alpha value is -2.20. The lowest BCUT2D eigenvalue weighted by molar-refractivity contribution is 0.277. The van der Waals surface area contributed by atoms with E-state index in [1.165, 1.54) is 5.56 Å². The van der Waals surface area contributed by atoms with Crippen LogP contribution in [0.15, 0.2) is 42.6 Å². The van der Waals surface area contributed by atoms with Crippen molar-refractivity contribution in [2.45, 2.75) is 13.5 Å². The summed E-state index contributed by atoms with van der Waals surface area (Å²) < 4.78 is 1.70. The van der Waals surface area contributed by atoms with E-state index >= 15 is 0 Å². The quantitative estimate of drug-likeness (QED) is 0.745. The molecule has 0 aliphatic rings. The lowest BCUT2D eigenvalue weighted by Gasteiger charge is -2.02. The normalized spacial score (nSPS) is 11.0. The van der Waals surface area contributed by atoms with E-state index in [-0.39, 0.29) is 6.61 Å². The maximum atomic E-state index is 9.06. The highest BCUT2D eigenvalue weighted by Gasteiger charge is 2.04. The van der Waals surface area contributed by atoms with Gasteiger partial charge in [0.25, 0.3) is 0 Å². The molecule has 0 unspecified atom stereocenters. The van der Waals surface area contributed by atoms with Crippen molar-refractivity contribution in [1.82, 2.24) is 14.6 Å². The van der Waals surface area contributed by atoms with E-state index < -0.39 is 0 Å². The maximum Gasteiger partial charge on any atom is 0.153 e. The molecule has 0 aliphatic carbocycles. The molecule has 0 atom stereocenters. The SMILES string of the molecule is Cc1cccc(-c2ccc3nc(CO)cn3n2)c1. The molecule has 0 bridgehead atoms. The molecule has 3 aromatic rings. The van der Waals surface area contributed by atoms with Crippen LogP contribution in [0, 0.1) is 6.92 Å². The number of aryl methyl sites for hydroxylation is 1. The number of rotatable bonds is 2. The molecule has 3 rings (SSSR count). The van der Waals surface area contributed by atoms with E-state index in [0.29, 0.717) is 5.69 Å². The van der Waals surface area contributed by atoms with Gasteiger partial charge in [-0.25, -0.2) is 9.50 Å². The van der Waals surface area contributed by atoms with Crippen molar-refractivity contribution in [3.05, 3.63) is 53.9 Å². The van der Waals surface area contributed by atoms with E-state index in [4.69, 9.17) is 5.11 Å². The van der Waals surface area contributed by atoms with E-state index in [9.17, 15) is 0 Å². The van der Waals surface area contributed by atoms with Gasteiger partial charge in [-0.05, 0) is 25.1 Å². The summed E-state index contributed by atoms with van der Waals surface area (Å²) in [6.45, 7) is 1.99. The predicted octanol–water partition coefficient (Wildman–Crippen LogP) is 2.20. The van der Waals surface area contributed by atoms with E-state index in [1.54, 1.807) is 10.7 Å². The van der Waals surface area contributed by atoms with Crippen molar-refractivity contribution in [3.8, 4) is 11.3 Å². The van der Waals surface area contributed by atoms with Crippen LogP contribution in [-0.4, -0.2) is 19.7 Å². The second-order valence-electron chi connectivity index (χ2n) is 4.28. The maximum absolute atomic E-state index is 9.06. The van der Waals surface area contributed by atoms with Gasteiger partial charge in [-0.1, -0.05) is 23.8 Å². The first-order valence-electron chi connectivity index (χ1n) is 5.79. The summed E-state index contributed by atoms with van der Waals surface area (Å²) in [7, 11) is 0. The summed E-state index contributed by atoms with van der Waals surface area (Å²) in [5, 5.41) is 13.6. The molecular weight excluding hydrogens is 226 g/mol. The van der Waals surface area contributed by atoms with Crippen molar-refractivity contribution >= 4 is 5.65 Å². The van der Waals surface area contributed by atoms with E-state index in [2.05, 4.69) is 29.1 Å². The van der Waals surface area contributed by atoms with Gasteiger partial charge < -0.3 is 5.11 Å². The molecule has 1 aromatic carbocycles. The fraction of sp³-hybridized carbons (Fsp3) is 0.143. The molecule has 2 heterocycles. The van der Waals surface area contributed by atoms with Crippen LogP contribution < -0.4 is 0 Å². The number of benzene rings is 1. The number of hydrogen-bond acceptors (Lipinski definition) is 3. The first-order valence-corrected chi connectivity index (χ1v) is 5.79. The van der Waals surface area contributed by atoms with Crippen LogP contribution in [0.4, 0.5) is 0 Å². The third-order valence-corrected chi connectivity index (χ3v) is 2.85. The second kappa shape index (κ2) is 4.23. The zero-order chi connectivity index (χ0) is 12.5. The minimum atomic E-state index is -0.0663. The summed E-state index contributed by atoms with van der Waals surface area (Å²) in [4.78, 5) is 4.23. The second-order valence-corrected chi connectivity index (χ2v) is 4.28. The van der Waals surface area contributed by atoms with Crippen molar-refractivity contribution in [2.75, 3.05) is 0 Å². The van der Waals surface area contributed by atoms with Crippen molar-refractivity contribution in [1.29, 1.82) is 0 Å². The Bertz CT molecular complexity index is 703. The van der Waals surface area contributed by atoms with Gasteiger partial charge >= 0.3 is 0 Å². The molecule has 4 heteroatoms. The molecule has 0 saturated heterocycles. The molecule has 90 valence electrons. The fourth-order valence-electron chi connectivity index (χ4n) is 1.97. The first-order chi connectivity index (χ1) is 8.76. The molecule has 4 nitrogen and oxygen atoms in total. The van der Waals surface area contributed by atoms with Gasteiger partial charge in [0, 0.05) is 5.56 Å². The molecular formula is C14H13N3O. The molecule has 0 radical (unpaired) electrons. The Morgan fingerprint density at radius 1 is 1.22 bits per heavy atom. The molecule has 0 amide bonds. The van der Waals surface area contributed by atoms with Crippen molar-refractivity contribution in [3.63, 3.8) is 0 Å². The summed E-state index contributed by atoms with van der Waals surface area (Å²) in [5.74, 6) is 0. The van der Waals surface area contributed by atoms with Gasteiger partial charge in [-0.3, -0.25) is 0 Å². The lowest BCUT2D eigenvalue weighted by atomic mass is 10.1. The van der Waals surface area contributed by atoms with Gasteiger partial charge in [-0.2, -0.15) is 5.10 Å². The van der Waals surface area contributed by atoms with E-state index in [1.807, 2.05) is 24.3 Å². The summed E-state index contributed by atoms with van der Waals surface area (Å²) in [6, 6.07) is 12.1. The topological polar surface area (TPSA) is 50.4 Å². The zero-order valence-corrected chi connectivity index (χ0v) is 10.0. The van der Waals surface area contributed by atoms with Crippen molar-refractivity contribution in [2.24, 2.45) is 0 Å². The molecule has 2 aromatic heterocycles. The van der Waals surface area contributed by atoms with Gasteiger partial charge in [-0.15, -0.1) is 0 Å². The van der Waals surface area contributed by atoms with Gasteiger partial charge in [0.2, 0.25) is 0 Å². The highest BCUT2D eigenvalue weighted by molar-refractivity contribution is 5.61. The minimum absolute atomic E-state index is 0.0663. The number of aliphatic hydroxyl groups is 1. The number of aliphatic hydroxyl groups excluding tert-OH is 1. The monoisotopic (exact) mass is 239 g/mol. The average molecular weight is 239 g/mol. The van der Waals surface area contributed by atoms with Crippen LogP contribution in [0.25, 0.3) is 16.9 Å². The molecule has 0 saturated carbocycles. The van der Waals surface area contributed by atoms with Crippen LogP contribution in [-0.2, 0) is 6.61 Å². The average Bonchev–Trinajstić information content (AvgIpc) is 2.80. The number of imidazole rings is 1. The number of nitrogens with zero attached hydrogens (tertiary/aromatic N) is 3. The van der Waals surface area contributed by atoms with Gasteiger partial charge in [0.1, 0.15) is 0 Å². The van der Waals surface area contributed by atoms with Crippen LogP contribution in [0.5, 0.6) is 0 Å². The highest BCUT2D eigenvalue weighted by Crippen LogP contribution is 2.18. The van der Waals surface area contributed by atoms with Gasteiger partial charge in [0.05, 0.1) is 24.2 Å². The fourth-order valence-corrected chi connectivity index (χ4v) is 1.97.